The summed E-state index contributed by atoms with van der Waals surface area (Å²) in [6.07, 6.45) is 1.36. The lowest BCUT2D eigenvalue weighted by Gasteiger charge is -2.08. The lowest BCUT2D eigenvalue weighted by atomic mass is 10.2. The van der Waals surface area contributed by atoms with Crippen LogP contribution < -0.4 is 5.56 Å². The number of fused-ring (bicyclic) bond motifs is 1. The van der Waals surface area contributed by atoms with Gasteiger partial charge >= 0.3 is 0 Å². The number of hydrogen-bond acceptors (Lipinski definition) is 4. The molecular formula is C17H16N2O3. The molecule has 0 aliphatic heterocycles. The standard InChI is InChI=1S/C14H10N2O.C3H6O2/c17-14-10-15-12-8-4-5-9-13(12)16(14)11-6-2-1-3-7-11;1-2-5-3-4/h1-10H;3H,2H2,1H3. The van der Waals surface area contributed by atoms with Crippen molar-refractivity contribution in [3.05, 3.63) is 71.1 Å². The minimum absolute atomic E-state index is 0.116. The molecule has 22 heavy (non-hydrogen) atoms. The third-order valence-corrected chi connectivity index (χ3v) is 2.91. The number of nitrogens with zero attached hydrogens (tertiary/aromatic N) is 2. The highest BCUT2D eigenvalue weighted by molar-refractivity contribution is 5.76. The van der Waals surface area contributed by atoms with E-state index in [1.165, 1.54) is 6.20 Å². The average molecular weight is 296 g/mol. The molecule has 0 bridgehead atoms. The summed E-state index contributed by atoms with van der Waals surface area (Å²) >= 11 is 0. The minimum Gasteiger partial charge on any atom is -0.468 e. The van der Waals surface area contributed by atoms with Crippen LogP contribution in [0, 0.1) is 0 Å². The van der Waals surface area contributed by atoms with Gasteiger partial charge in [-0.15, -0.1) is 0 Å². The highest BCUT2D eigenvalue weighted by Gasteiger charge is 2.04. The van der Waals surface area contributed by atoms with Gasteiger partial charge in [-0.1, -0.05) is 30.3 Å². The first-order valence-electron chi connectivity index (χ1n) is 6.85. The van der Waals surface area contributed by atoms with E-state index in [0.717, 1.165) is 16.7 Å². The van der Waals surface area contributed by atoms with E-state index in [1.807, 2.05) is 54.6 Å². The molecule has 112 valence electrons. The van der Waals surface area contributed by atoms with E-state index in [0.29, 0.717) is 13.1 Å². The Morgan fingerprint density at radius 1 is 1.09 bits per heavy atom. The molecule has 2 aromatic carbocycles. The molecule has 0 amide bonds. The predicted molar refractivity (Wildman–Crippen MR) is 85.0 cm³/mol. The maximum Gasteiger partial charge on any atom is 0.293 e. The first-order chi connectivity index (χ1) is 10.8. The fourth-order valence-electron chi connectivity index (χ4n) is 1.98. The third kappa shape index (κ3) is 3.58. The zero-order valence-electron chi connectivity index (χ0n) is 12.2. The lowest BCUT2D eigenvalue weighted by molar-refractivity contribution is -0.128. The van der Waals surface area contributed by atoms with E-state index in [1.54, 1.807) is 11.5 Å². The summed E-state index contributed by atoms with van der Waals surface area (Å²) in [7, 11) is 0. The van der Waals surface area contributed by atoms with Crippen molar-refractivity contribution in [1.29, 1.82) is 0 Å². The highest BCUT2D eigenvalue weighted by atomic mass is 16.5. The van der Waals surface area contributed by atoms with Crippen LogP contribution in [0.15, 0.2) is 65.6 Å². The van der Waals surface area contributed by atoms with Crippen LogP contribution in [0.5, 0.6) is 0 Å². The van der Waals surface area contributed by atoms with Crippen molar-refractivity contribution in [2.45, 2.75) is 6.92 Å². The van der Waals surface area contributed by atoms with Crippen LogP contribution >= 0.6 is 0 Å². The van der Waals surface area contributed by atoms with Crippen LogP contribution in [0.2, 0.25) is 0 Å². The van der Waals surface area contributed by atoms with Crippen molar-refractivity contribution in [3.63, 3.8) is 0 Å². The summed E-state index contributed by atoms with van der Waals surface area (Å²) in [5.74, 6) is 0. The van der Waals surface area contributed by atoms with Gasteiger partial charge in [0, 0.05) is 5.69 Å². The molecule has 1 aromatic heterocycles. The summed E-state index contributed by atoms with van der Waals surface area (Å²) in [5.41, 5.74) is 2.38. The summed E-state index contributed by atoms with van der Waals surface area (Å²) in [6, 6.07) is 17.2. The molecule has 0 aliphatic rings. The lowest BCUT2D eigenvalue weighted by Crippen LogP contribution is -2.18. The number of ether oxygens (including phenoxy) is 1. The third-order valence-electron chi connectivity index (χ3n) is 2.91. The molecule has 0 unspecified atom stereocenters. The summed E-state index contributed by atoms with van der Waals surface area (Å²) < 4.78 is 5.82. The monoisotopic (exact) mass is 296 g/mol. The van der Waals surface area contributed by atoms with Crippen molar-refractivity contribution >= 4 is 17.5 Å². The fraction of sp³-hybridized carbons (Fsp3) is 0.118. The normalized spacial score (nSPS) is 9.68. The van der Waals surface area contributed by atoms with E-state index in [-0.39, 0.29) is 5.56 Å². The second-order valence-electron chi connectivity index (χ2n) is 4.31. The predicted octanol–water partition coefficient (Wildman–Crippen LogP) is 2.57. The topological polar surface area (TPSA) is 61.2 Å². The number of rotatable bonds is 3. The van der Waals surface area contributed by atoms with Gasteiger partial charge in [0.15, 0.2) is 0 Å². The SMILES string of the molecule is CCOC=O.O=c1cnc2ccccc2n1-c1ccccc1. The Morgan fingerprint density at radius 3 is 2.41 bits per heavy atom. The Bertz CT molecular complexity index is 798. The molecule has 1 heterocycles. The van der Waals surface area contributed by atoms with E-state index in [2.05, 4.69) is 9.72 Å². The van der Waals surface area contributed by atoms with Gasteiger partial charge < -0.3 is 4.74 Å². The van der Waals surface area contributed by atoms with Gasteiger partial charge in [0.1, 0.15) is 0 Å². The quantitative estimate of drug-likeness (QED) is 0.697. The summed E-state index contributed by atoms with van der Waals surface area (Å²) in [4.78, 5) is 25.3. The minimum atomic E-state index is -0.116. The molecule has 0 spiro atoms. The number of hydrogen-bond donors (Lipinski definition) is 0. The zero-order chi connectivity index (χ0) is 15.8. The molecule has 0 fully saturated rings. The highest BCUT2D eigenvalue weighted by Crippen LogP contribution is 2.13. The van der Waals surface area contributed by atoms with Crippen LogP contribution in [0.4, 0.5) is 0 Å². The molecular weight excluding hydrogens is 280 g/mol. The van der Waals surface area contributed by atoms with Crippen LogP contribution in [0.1, 0.15) is 6.92 Å². The smallest absolute Gasteiger partial charge is 0.293 e. The van der Waals surface area contributed by atoms with Crippen molar-refractivity contribution < 1.29 is 9.53 Å². The molecule has 0 saturated carbocycles. The largest absolute Gasteiger partial charge is 0.468 e. The first-order valence-corrected chi connectivity index (χ1v) is 6.85. The van der Waals surface area contributed by atoms with Crippen LogP contribution in [-0.2, 0) is 9.53 Å². The number of carbonyl (C=O) groups is 1. The molecule has 3 rings (SSSR count). The van der Waals surface area contributed by atoms with E-state index in [9.17, 15) is 9.59 Å². The molecule has 5 heteroatoms. The Morgan fingerprint density at radius 2 is 1.77 bits per heavy atom. The number of benzene rings is 2. The molecule has 0 saturated heterocycles. The molecule has 0 aliphatic carbocycles. The molecule has 0 atom stereocenters. The molecule has 0 radical (unpaired) electrons. The van der Waals surface area contributed by atoms with E-state index in [4.69, 9.17) is 0 Å². The summed E-state index contributed by atoms with van der Waals surface area (Å²) in [5, 5.41) is 0. The number of aromatic nitrogens is 2. The second-order valence-corrected chi connectivity index (χ2v) is 4.31. The van der Waals surface area contributed by atoms with Gasteiger partial charge in [0.05, 0.1) is 23.8 Å². The molecule has 0 N–H and O–H groups in total. The van der Waals surface area contributed by atoms with Crippen LogP contribution in [0.25, 0.3) is 16.7 Å². The number of carbonyl (C=O) groups excluding carboxylic acids is 1. The van der Waals surface area contributed by atoms with Crippen molar-refractivity contribution in [2.24, 2.45) is 0 Å². The van der Waals surface area contributed by atoms with Crippen LogP contribution in [-0.4, -0.2) is 22.6 Å². The van der Waals surface area contributed by atoms with Crippen molar-refractivity contribution in [3.8, 4) is 5.69 Å². The van der Waals surface area contributed by atoms with Gasteiger partial charge in [-0.05, 0) is 31.2 Å². The second kappa shape index (κ2) is 7.73. The number of para-hydroxylation sites is 3. The van der Waals surface area contributed by atoms with Crippen LogP contribution in [0.3, 0.4) is 0 Å². The zero-order valence-corrected chi connectivity index (χ0v) is 12.2. The Labute approximate surface area is 127 Å². The van der Waals surface area contributed by atoms with Gasteiger partial charge in [-0.25, -0.2) is 4.98 Å². The summed E-state index contributed by atoms with van der Waals surface area (Å²) in [6.45, 7) is 2.66. The fourth-order valence-corrected chi connectivity index (χ4v) is 1.98. The maximum absolute atomic E-state index is 11.9. The van der Waals surface area contributed by atoms with Gasteiger partial charge in [-0.3, -0.25) is 14.2 Å². The average Bonchev–Trinajstić information content (AvgIpc) is 2.57. The van der Waals surface area contributed by atoms with Gasteiger partial charge in [-0.2, -0.15) is 0 Å². The van der Waals surface area contributed by atoms with Crippen molar-refractivity contribution in [2.75, 3.05) is 6.61 Å². The molecule has 5 nitrogen and oxygen atoms in total. The Hall–Kier alpha value is -2.95. The maximum atomic E-state index is 11.9. The first kappa shape index (κ1) is 15.4. The Kier molecular flexibility index (Phi) is 5.43. The van der Waals surface area contributed by atoms with Crippen molar-refractivity contribution in [1.82, 2.24) is 9.55 Å². The van der Waals surface area contributed by atoms with Gasteiger partial charge in [0.25, 0.3) is 12.0 Å². The van der Waals surface area contributed by atoms with E-state index >= 15 is 0 Å². The Balaban J connectivity index is 0.000000309. The molecule has 3 aromatic rings. The van der Waals surface area contributed by atoms with E-state index < -0.39 is 0 Å². The van der Waals surface area contributed by atoms with Gasteiger partial charge in [0.2, 0.25) is 0 Å².